The molecule has 2 N–H and O–H groups in total. The summed E-state index contributed by atoms with van der Waals surface area (Å²) < 4.78 is 6.39. The Morgan fingerprint density at radius 3 is 3.27 bits per heavy atom. The van der Waals surface area contributed by atoms with Crippen LogP contribution in [0.2, 0.25) is 0 Å². The highest BCUT2D eigenvalue weighted by molar-refractivity contribution is 5.73. The highest BCUT2D eigenvalue weighted by Crippen LogP contribution is 2.05. The number of aliphatic hydroxyl groups excluding tert-OH is 1. The highest BCUT2D eigenvalue weighted by atomic mass is 16.5. The van der Waals surface area contributed by atoms with Gasteiger partial charge in [-0.05, 0) is 6.07 Å². The van der Waals surface area contributed by atoms with Crippen molar-refractivity contribution in [3.63, 3.8) is 0 Å². The molecule has 0 unspecified atom stereocenters. The van der Waals surface area contributed by atoms with Gasteiger partial charge in [0.15, 0.2) is 0 Å². The normalized spacial score (nSPS) is 11.0. The Morgan fingerprint density at radius 1 is 1.60 bits per heavy atom. The van der Waals surface area contributed by atoms with Crippen LogP contribution in [0.15, 0.2) is 23.3 Å². The van der Waals surface area contributed by atoms with Crippen LogP contribution < -0.4 is 5.69 Å². The molecule has 2 aromatic heterocycles. The molecule has 0 bridgehead atoms. The first-order valence-electron chi connectivity index (χ1n) is 4.54. The zero-order valence-electron chi connectivity index (χ0n) is 8.01. The lowest BCUT2D eigenvalue weighted by Gasteiger charge is -2.04. The van der Waals surface area contributed by atoms with Gasteiger partial charge in [-0.25, -0.2) is 4.79 Å². The third-order valence-corrected chi connectivity index (χ3v) is 1.97. The third kappa shape index (κ3) is 2.05. The average Bonchev–Trinajstić information content (AvgIpc) is 2.65. The van der Waals surface area contributed by atoms with E-state index in [1.54, 1.807) is 12.4 Å². The van der Waals surface area contributed by atoms with Gasteiger partial charge < -0.3 is 14.8 Å². The summed E-state index contributed by atoms with van der Waals surface area (Å²) in [6, 6.07) is 1.82. The fourth-order valence-electron chi connectivity index (χ4n) is 1.28. The molecule has 0 aliphatic rings. The van der Waals surface area contributed by atoms with Gasteiger partial charge in [-0.1, -0.05) is 0 Å². The monoisotopic (exact) mass is 209 g/mol. The number of aromatic amines is 1. The summed E-state index contributed by atoms with van der Waals surface area (Å²) in [4.78, 5) is 18.1. The first-order valence-corrected chi connectivity index (χ1v) is 4.54. The van der Waals surface area contributed by atoms with Crippen LogP contribution in [0.1, 0.15) is 0 Å². The second-order valence-corrected chi connectivity index (χ2v) is 3.04. The van der Waals surface area contributed by atoms with Gasteiger partial charge in [0.05, 0.1) is 13.2 Å². The van der Waals surface area contributed by atoms with Crippen molar-refractivity contribution in [2.24, 2.45) is 0 Å². The van der Waals surface area contributed by atoms with Crippen LogP contribution in [0.25, 0.3) is 11.0 Å². The number of nitrogens with zero attached hydrogens (tertiary/aromatic N) is 2. The zero-order valence-corrected chi connectivity index (χ0v) is 8.01. The van der Waals surface area contributed by atoms with Gasteiger partial charge in [0, 0.05) is 17.8 Å². The van der Waals surface area contributed by atoms with Gasteiger partial charge in [-0.15, -0.1) is 0 Å². The van der Waals surface area contributed by atoms with E-state index in [1.807, 2.05) is 6.07 Å². The minimum atomic E-state index is -0.372. The number of hydrogen-bond acceptors (Lipinski definition) is 4. The predicted molar refractivity (Wildman–Crippen MR) is 53.4 cm³/mol. The number of H-pyrrole nitrogens is 1. The van der Waals surface area contributed by atoms with E-state index in [-0.39, 0.29) is 25.6 Å². The molecular formula is C9H11N3O3. The lowest BCUT2D eigenvalue weighted by Crippen LogP contribution is -2.23. The molecule has 0 aliphatic carbocycles. The molecule has 2 rings (SSSR count). The summed E-state index contributed by atoms with van der Waals surface area (Å²) in [7, 11) is 0. The molecule has 0 amide bonds. The molecule has 6 heteroatoms. The van der Waals surface area contributed by atoms with Crippen molar-refractivity contribution in [2.75, 3.05) is 13.2 Å². The number of aromatic nitrogens is 3. The molecule has 0 saturated heterocycles. The summed E-state index contributed by atoms with van der Waals surface area (Å²) in [5.41, 5.74) is 0.196. The summed E-state index contributed by atoms with van der Waals surface area (Å²) in [5.74, 6) is 0. The van der Waals surface area contributed by atoms with Gasteiger partial charge in [0.1, 0.15) is 12.4 Å². The van der Waals surface area contributed by atoms with Crippen molar-refractivity contribution < 1.29 is 9.84 Å². The number of nitrogens with one attached hydrogen (secondary N) is 1. The second kappa shape index (κ2) is 4.24. The fraction of sp³-hybridized carbons (Fsp3) is 0.333. The van der Waals surface area contributed by atoms with Crippen LogP contribution in [-0.4, -0.2) is 32.9 Å². The minimum Gasteiger partial charge on any atom is -0.394 e. The van der Waals surface area contributed by atoms with Crippen molar-refractivity contribution in [3.8, 4) is 0 Å². The molecule has 2 heterocycles. The Balaban J connectivity index is 2.26. The summed E-state index contributed by atoms with van der Waals surface area (Å²) in [6.45, 7) is 0.250. The van der Waals surface area contributed by atoms with Gasteiger partial charge in [-0.3, -0.25) is 4.57 Å². The Bertz CT molecular complexity index is 503. The molecule has 80 valence electrons. The Hall–Kier alpha value is -1.66. The van der Waals surface area contributed by atoms with Crippen LogP contribution >= 0.6 is 0 Å². The molecule has 0 atom stereocenters. The molecule has 0 fully saturated rings. The minimum absolute atomic E-state index is 0.0609. The molecule has 15 heavy (non-hydrogen) atoms. The Morgan fingerprint density at radius 2 is 2.47 bits per heavy atom. The van der Waals surface area contributed by atoms with E-state index in [4.69, 9.17) is 9.84 Å². The lowest BCUT2D eigenvalue weighted by atomic mass is 10.4. The standard InChI is InChI=1S/C9H11N3O3/c13-3-4-15-6-12-5-7-1-2-10-8(7)11-9(12)14/h1-2,5,13H,3-4,6H2,(H,10,11,14). The number of rotatable bonds is 4. The summed E-state index contributed by atoms with van der Waals surface area (Å²) >= 11 is 0. The van der Waals surface area contributed by atoms with Gasteiger partial charge in [0.25, 0.3) is 0 Å². The van der Waals surface area contributed by atoms with E-state index in [1.165, 1.54) is 4.57 Å². The van der Waals surface area contributed by atoms with Crippen LogP contribution in [0.4, 0.5) is 0 Å². The largest absolute Gasteiger partial charge is 0.394 e. The van der Waals surface area contributed by atoms with Crippen molar-refractivity contribution in [1.82, 2.24) is 14.5 Å². The molecule has 2 aromatic rings. The number of aliphatic hydroxyl groups is 1. The van der Waals surface area contributed by atoms with E-state index in [2.05, 4.69) is 9.97 Å². The van der Waals surface area contributed by atoms with Crippen molar-refractivity contribution in [3.05, 3.63) is 28.9 Å². The first kappa shape index (κ1) is 9.88. The maximum atomic E-state index is 11.4. The molecule has 6 nitrogen and oxygen atoms in total. The topological polar surface area (TPSA) is 80.1 Å². The third-order valence-electron chi connectivity index (χ3n) is 1.97. The molecule has 0 aromatic carbocycles. The van der Waals surface area contributed by atoms with Crippen molar-refractivity contribution in [2.45, 2.75) is 6.73 Å². The number of ether oxygens (including phenoxy) is 1. The van der Waals surface area contributed by atoms with Crippen molar-refractivity contribution >= 4 is 11.0 Å². The zero-order chi connectivity index (χ0) is 10.7. The van der Waals surface area contributed by atoms with Crippen LogP contribution in [0, 0.1) is 0 Å². The summed E-state index contributed by atoms with van der Waals surface area (Å²) in [5, 5.41) is 9.37. The lowest BCUT2D eigenvalue weighted by molar-refractivity contribution is 0.0460. The molecule has 0 spiro atoms. The SMILES string of the molecule is O=c1nc2[nH]ccc2cn1COCCO. The highest BCUT2D eigenvalue weighted by Gasteiger charge is 2.01. The van der Waals surface area contributed by atoms with Crippen LogP contribution in [0.5, 0.6) is 0 Å². The molecule has 0 aliphatic heterocycles. The first-order chi connectivity index (χ1) is 7.31. The fourth-order valence-corrected chi connectivity index (χ4v) is 1.28. The predicted octanol–water partition coefficient (Wildman–Crippen LogP) is -0.309. The van der Waals surface area contributed by atoms with Gasteiger partial charge in [0.2, 0.25) is 0 Å². The average molecular weight is 209 g/mol. The maximum absolute atomic E-state index is 11.4. The smallest absolute Gasteiger partial charge is 0.351 e. The number of fused-ring (bicyclic) bond motifs is 1. The van der Waals surface area contributed by atoms with E-state index >= 15 is 0 Å². The van der Waals surface area contributed by atoms with E-state index in [0.29, 0.717) is 5.65 Å². The number of hydrogen-bond donors (Lipinski definition) is 2. The Labute approximate surface area is 85.1 Å². The second-order valence-electron chi connectivity index (χ2n) is 3.04. The Kier molecular flexibility index (Phi) is 2.79. The van der Waals surface area contributed by atoms with Crippen molar-refractivity contribution in [1.29, 1.82) is 0 Å². The van der Waals surface area contributed by atoms with Gasteiger partial charge in [-0.2, -0.15) is 4.98 Å². The van der Waals surface area contributed by atoms with E-state index < -0.39 is 0 Å². The van der Waals surface area contributed by atoms with Crippen LogP contribution in [-0.2, 0) is 11.5 Å². The van der Waals surface area contributed by atoms with E-state index in [9.17, 15) is 4.79 Å². The molecule has 0 saturated carbocycles. The molecular weight excluding hydrogens is 198 g/mol. The molecule has 0 radical (unpaired) electrons. The summed E-state index contributed by atoms with van der Waals surface area (Å²) in [6.07, 6.45) is 3.38. The quantitative estimate of drug-likeness (QED) is 0.677. The van der Waals surface area contributed by atoms with E-state index in [0.717, 1.165) is 5.39 Å². The van der Waals surface area contributed by atoms with Crippen LogP contribution in [0.3, 0.4) is 0 Å². The maximum Gasteiger partial charge on any atom is 0.351 e. The van der Waals surface area contributed by atoms with Gasteiger partial charge >= 0.3 is 5.69 Å².